The number of carbonyl (C=O) groups is 1. The molecule has 0 aliphatic heterocycles. The van der Waals surface area contributed by atoms with Gasteiger partial charge in [-0.15, -0.1) is 0 Å². The fourth-order valence-corrected chi connectivity index (χ4v) is 2.28. The van der Waals surface area contributed by atoms with Crippen LogP contribution in [0.2, 0.25) is 0 Å². The summed E-state index contributed by atoms with van der Waals surface area (Å²) in [6.45, 7) is 3.44. The van der Waals surface area contributed by atoms with Gasteiger partial charge in [0, 0.05) is 18.6 Å². The minimum Gasteiger partial charge on any atom is -0.352 e. The molecule has 1 fully saturated rings. The molecule has 1 saturated carbocycles. The van der Waals surface area contributed by atoms with Crippen molar-refractivity contribution in [2.45, 2.75) is 57.5 Å². The Balaban J connectivity index is 2.12. The number of amides is 1. The number of nitrogens with one attached hydrogen (secondary N) is 2. The first-order chi connectivity index (χ1) is 8.59. The molecule has 1 unspecified atom stereocenters. The van der Waals surface area contributed by atoms with Gasteiger partial charge in [-0.25, -0.2) is 0 Å². The summed E-state index contributed by atoms with van der Waals surface area (Å²) in [6.07, 6.45) is 7.47. The highest BCUT2D eigenvalue weighted by atomic mass is 16.1. The third kappa shape index (κ3) is 6.36. The zero-order chi connectivity index (χ0) is 13.4. The Kier molecular flexibility index (Phi) is 7.28. The summed E-state index contributed by atoms with van der Waals surface area (Å²) in [6, 6.07) is 0.865. The molecule has 18 heavy (non-hydrogen) atoms. The Morgan fingerprint density at radius 2 is 1.83 bits per heavy atom. The van der Waals surface area contributed by atoms with Crippen LogP contribution in [0.15, 0.2) is 0 Å². The minimum absolute atomic E-state index is 0.146. The summed E-state index contributed by atoms with van der Waals surface area (Å²) in [5.41, 5.74) is 0. The van der Waals surface area contributed by atoms with Crippen LogP contribution >= 0.6 is 0 Å². The van der Waals surface area contributed by atoms with Crippen LogP contribution in [0.3, 0.4) is 0 Å². The molecular weight excluding hydrogens is 226 g/mol. The second kappa shape index (κ2) is 8.48. The van der Waals surface area contributed by atoms with Crippen molar-refractivity contribution in [3.05, 3.63) is 0 Å². The highest BCUT2D eigenvalue weighted by Crippen LogP contribution is 2.16. The molecule has 0 aromatic rings. The Morgan fingerprint density at radius 3 is 2.39 bits per heavy atom. The number of hydrogen-bond acceptors (Lipinski definition) is 3. The average Bonchev–Trinajstić information content (AvgIpc) is 2.57. The second-order valence-corrected chi connectivity index (χ2v) is 5.70. The molecule has 1 rings (SSSR count). The summed E-state index contributed by atoms with van der Waals surface area (Å²) in [5.74, 6) is 0.146. The Labute approximate surface area is 111 Å². The van der Waals surface area contributed by atoms with E-state index in [1.165, 1.54) is 25.7 Å². The summed E-state index contributed by atoms with van der Waals surface area (Å²) in [5, 5.41) is 6.36. The molecule has 1 amide bonds. The Hall–Kier alpha value is -0.610. The van der Waals surface area contributed by atoms with Crippen LogP contribution in [0.25, 0.3) is 0 Å². The third-order valence-electron chi connectivity index (χ3n) is 3.83. The normalized spacial score (nSPS) is 19.6. The number of nitrogens with zero attached hydrogens (tertiary/aromatic N) is 1. The maximum absolute atomic E-state index is 11.8. The van der Waals surface area contributed by atoms with Crippen molar-refractivity contribution < 1.29 is 4.79 Å². The Bertz CT molecular complexity index is 235. The topological polar surface area (TPSA) is 44.4 Å². The lowest BCUT2D eigenvalue weighted by Crippen LogP contribution is -2.43. The number of likely N-dealkylation sites (N-methyl/N-ethyl adjacent to an activating group) is 1. The van der Waals surface area contributed by atoms with Crippen LogP contribution in [0, 0.1) is 0 Å². The van der Waals surface area contributed by atoms with Crippen molar-refractivity contribution in [2.75, 3.05) is 27.2 Å². The predicted molar refractivity (Wildman–Crippen MR) is 75.7 cm³/mol. The van der Waals surface area contributed by atoms with Crippen LogP contribution in [0.5, 0.6) is 0 Å². The smallest absolute Gasteiger partial charge is 0.234 e. The molecule has 2 N–H and O–H groups in total. The third-order valence-corrected chi connectivity index (χ3v) is 3.83. The molecule has 4 nitrogen and oxygen atoms in total. The van der Waals surface area contributed by atoms with E-state index in [2.05, 4.69) is 36.6 Å². The van der Waals surface area contributed by atoms with Gasteiger partial charge < -0.3 is 15.5 Å². The number of hydrogen-bond donors (Lipinski definition) is 2. The molecule has 0 bridgehead atoms. The molecule has 4 heteroatoms. The molecule has 0 radical (unpaired) electrons. The quantitative estimate of drug-likeness (QED) is 0.705. The number of rotatable bonds is 6. The van der Waals surface area contributed by atoms with E-state index >= 15 is 0 Å². The lowest BCUT2D eigenvalue weighted by Gasteiger charge is -2.21. The zero-order valence-corrected chi connectivity index (χ0v) is 12.2. The lowest BCUT2D eigenvalue weighted by atomic mass is 10.1. The first-order valence-electron chi connectivity index (χ1n) is 7.26. The van der Waals surface area contributed by atoms with Gasteiger partial charge in [0.1, 0.15) is 0 Å². The first-order valence-corrected chi connectivity index (χ1v) is 7.26. The molecule has 0 heterocycles. The van der Waals surface area contributed by atoms with Gasteiger partial charge in [0.25, 0.3) is 0 Å². The van der Waals surface area contributed by atoms with Crippen LogP contribution in [0.1, 0.15) is 45.4 Å². The van der Waals surface area contributed by atoms with E-state index < -0.39 is 0 Å². The molecular formula is C14H29N3O. The summed E-state index contributed by atoms with van der Waals surface area (Å²) in [7, 11) is 4.11. The molecule has 0 aromatic carbocycles. The molecule has 0 aromatic heterocycles. The second-order valence-electron chi connectivity index (χ2n) is 5.70. The van der Waals surface area contributed by atoms with E-state index in [4.69, 9.17) is 0 Å². The summed E-state index contributed by atoms with van der Waals surface area (Å²) >= 11 is 0. The van der Waals surface area contributed by atoms with Crippen LogP contribution in [0.4, 0.5) is 0 Å². The summed E-state index contributed by atoms with van der Waals surface area (Å²) in [4.78, 5) is 13.9. The van der Waals surface area contributed by atoms with E-state index in [9.17, 15) is 4.79 Å². The van der Waals surface area contributed by atoms with E-state index in [1.807, 2.05) is 0 Å². The van der Waals surface area contributed by atoms with Gasteiger partial charge in [0.2, 0.25) is 5.91 Å². The van der Waals surface area contributed by atoms with E-state index in [0.717, 1.165) is 19.4 Å². The van der Waals surface area contributed by atoms with Gasteiger partial charge in [-0.1, -0.05) is 25.7 Å². The number of carbonyl (C=O) groups excluding carboxylic acids is 1. The fourth-order valence-electron chi connectivity index (χ4n) is 2.28. The molecule has 106 valence electrons. The lowest BCUT2D eigenvalue weighted by molar-refractivity contribution is -0.121. The minimum atomic E-state index is 0.146. The van der Waals surface area contributed by atoms with Gasteiger partial charge in [0.15, 0.2) is 0 Å². The fraction of sp³-hybridized carbons (Fsp3) is 0.929. The zero-order valence-electron chi connectivity index (χ0n) is 12.2. The first kappa shape index (κ1) is 15.4. The van der Waals surface area contributed by atoms with Crippen molar-refractivity contribution in [1.29, 1.82) is 0 Å². The van der Waals surface area contributed by atoms with E-state index in [0.29, 0.717) is 18.6 Å². The monoisotopic (exact) mass is 255 g/mol. The van der Waals surface area contributed by atoms with Gasteiger partial charge in [-0.05, 0) is 33.9 Å². The van der Waals surface area contributed by atoms with Crippen molar-refractivity contribution >= 4 is 5.91 Å². The highest BCUT2D eigenvalue weighted by Gasteiger charge is 2.14. The Morgan fingerprint density at radius 1 is 1.22 bits per heavy atom. The largest absolute Gasteiger partial charge is 0.352 e. The van der Waals surface area contributed by atoms with Crippen LogP contribution in [-0.4, -0.2) is 50.1 Å². The molecule has 1 atom stereocenters. The van der Waals surface area contributed by atoms with Crippen LogP contribution < -0.4 is 10.6 Å². The molecule has 0 spiro atoms. The SMILES string of the molecule is CC(CNCC(=O)NC1CCCCCC1)N(C)C. The van der Waals surface area contributed by atoms with Gasteiger partial charge in [-0.3, -0.25) is 4.79 Å². The average molecular weight is 255 g/mol. The maximum atomic E-state index is 11.8. The van der Waals surface area contributed by atoms with Crippen molar-refractivity contribution in [3.8, 4) is 0 Å². The summed E-state index contributed by atoms with van der Waals surface area (Å²) < 4.78 is 0. The van der Waals surface area contributed by atoms with E-state index in [-0.39, 0.29) is 5.91 Å². The van der Waals surface area contributed by atoms with E-state index in [1.54, 1.807) is 0 Å². The highest BCUT2D eigenvalue weighted by molar-refractivity contribution is 5.78. The van der Waals surface area contributed by atoms with Crippen LogP contribution in [-0.2, 0) is 4.79 Å². The molecule has 1 aliphatic rings. The molecule has 0 saturated heterocycles. The van der Waals surface area contributed by atoms with Gasteiger partial charge >= 0.3 is 0 Å². The van der Waals surface area contributed by atoms with Crippen molar-refractivity contribution in [2.24, 2.45) is 0 Å². The predicted octanol–water partition coefficient (Wildman–Crippen LogP) is 1.37. The van der Waals surface area contributed by atoms with Crippen molar-refractivity contribution in [3.63, 3.8) is 0 Å². The standard InChI is InChI=1S/C14H29N3O/c1-12(17(2)3)10-15-11-14(18)16-13-8-6-4-5-7-9-13/h12-13,15H,4-11H2,1-3H3,(H,16,18). The molecule has 1 aliphatic carbocycles. The van der Waals surface area contributed by atoms with Gasteiger partial charge in [0.05, 0.1) is 6.54 Å². The van der Waals surface area contributed by atoms with Crippen molar-refractivity contribution in [1.82, 2.24) is 15.5 Å². The van der Waals surface area contributed by atoms with Gasteiger partial charge in [-0.2, -0.15) is 0 Å². The maximum Gasteiger partial charge on any atom is 0.234 e.